The number of carbonyl (C=O) groups is 1. The maximum absolute atomic E-state index is 13.0. The Morgan fingerprint density at radius 2 is 1.70 bits per heavy atom. The van der Waals surface area contributed by atoms with Crippen LogP contribution in [-0.2, 0) is 10.0 Å². The highest BCUT2D eigenvalue weighted by Gasteiger charge is 2.28. The zero-order valence-electron chi connectivity index (χ0n) is 15.8. The van der Waals surface area contributed by atoms with Crippen molar-refractivity contribution in [1.82, 2.24) is 9.62 Å². The van der Waals surface area contributed by atoms with Crippen molar-refractivity contribution in [3.05, 3.63) is 65.2 Å². The van der Waals surface area contributed by atoms with Crippen LogP contribution in [0.1, 0.15) is 53.7 Å². The fourth-order valence-electron chi connectivity index (χ4n) is 3.37. The molecule has 27 heavy (non-hydrogen) atoms. The lowest BCUT2D eigenvalue weighted by molar-refractivity contribution is 0.0939. The molecule has 1 atom stereocenters. The SMILES string of the molecule is Cc1ccc(C(=O)N[C@H](C)c2ccccc2)cc1S(=O)(=O)N1CCCCC1. The van der Waals surface area contributed by atoms with E-state index in [0.717, 1.165) is 24.8 Å². The molecule has 0 spiro atoms. The van der Waals surface area contributed by atoms with Crippen molar-refractivity contribution in [1.29, 1.82) is 0 Å². The molecule has 1 N–H and O–H groups in total. The Bertz CT molecular complexity index is 904. The van der Waals surface area contributed by atoms with Gasteiger partial charge >= 0.3 is 0 Å². The third-order valence-electron chi connectivity index (χ3n) is 5.03. The topological polar surface area (TPSA) is 66.5 Å². The summed E-state index contributed by atoms with van der Waals surface area (Å²) in [6.45, 7) is 4.77. The van der Waals surface area contributed by atoms with E-state index in [1.807, 2.05) is 37.3 Å². The van der Waals surface area contributed by atoms with E-state index in [-0.39, 0.29) is 16.8 Å². The second kappa shape index (κ2) is 8.23. The summed E-state index contributed by atoms with van der Waals surface area (Å²) in [5, 5.41) is 2.94. The summed E-state index contributed by atoms with van der Waals surface area (Å²) >= 11 is 0. The molecule has 2 aromatic rings. The lowest BCUT2D eigenvalue weighted by Gasteiger charge is -2.26. The number of piperidine rings is 1. The van der Waals surface area contributed by atoms with Crippen LogP contribution in [0, 0.1) is 6.92 Å². The summed E-state index contributed by atoms with van der Waals surface area (Å²) in [7, 11) is -3.58. The van der Waals surface area contributed by atoms with E-state index in [9.17, 15) is 13.2 Å². The van der Waals surface area contributed by atoms with Crippen LogP contribution < -0.4 is 5.32 Å². The first-order chi connectivity index (χ1) is 12.9. The van der Waals surface area contributed by atoms with Gasteiger partial charge in [0.1, 0.15) is 0 Å². The number of amides is 1. The summed E-state index contributed by atoms with van der Waals surface area (Å²) in [6.07, 6.45) is 2.82. The zero-order valence-corrected chi connectivity index (χ0v) is 16.6. The van der Waals surface area contributed by atoms with Crippen LogP contribution in [0.2, 0.25) is 0 Å². The molecule has 144 valence electrons. The number of hydrogen-bond donors (Lipinski definition) is 1. The molecule has 2 aromatic carbocycles. The van der Waals surface area contributed by atoms with Crippen molar-refractivity contribution in [2.75, 3.05) is 13.1 Å². The first-order valence-electron chi connectivity index (χ1n) is 9.36. The third-order valence-corrected chi connectivity index (χ3v) is 7.07. The number of aryl methyl sites for hydroxylation is 1. The van der Waals surface area contributed by atoms with Crippen LogP contribution in [0.4, 0.5) is 0 Å². The van der Waals surface area contributed by atoms with Crippen LogP contribution in [0.15, 0.2) is 53.4 Å². The largest absolute Gasteiger partial charge is 0.346 e. The molecule has 1 saturated heterocycles. The van der Waals surface area contributed by atoms with E-state index < -0.39 is 10.0 Å². The number of nitrogens with one attached hydrogen (secondary N) is 1. The van der Waals surface area contributed by atoms with Gasteiger partial charge in [0.05, 0.1) is 10.9 Å². The van der Waals surface area contributed by atoms with Gasteiger partial charge in [-0.3, -0.25) is 4.79 Å². The van der Waals surface area contributed by atoms with E-state index in [1.54, 1.807) is 19.1 Å². The van der Waals surface area contributed by atoms with Crippen molar-refractivity contribution in [3.63, 3.8) is 0 Å². The minimum Gasteiger partial charge on any atom is -0.346 e. The lowest BCUT2D eigenvalue weighted by Crippen LogP contribution is -2.36. The Labute approximate surface area is 161 Å². The Morgan fingerprint density at radius 3 is 2.37 bits per heavy atom. The molecule has 1 amide bonds. The molecule has 0 radical (unpaired) electrons. The quantitative estimate of drug-likeness (QED) is 0.853. The smallest absolute Gasteiger partial charge is 0.251 e. The number of sulfonamides is 1. The lowest BCUT2D eigenvalue weighted by atomic mass is 10.1. The minimum atomic E-state index is -3.58. The van der Waals surface area contributed by atoms with Crippen molar-refractivity contribution in [3.8, 4) is 0 Å². The van der Waals surface area contributed by atoms with Crippen LogP contribution >= 0.6 is 0 Å². The average Bonchev–Trinajstić information content (AvgIpc) is 2.69. The van der Waals surface area contributed by atoms with Gasteiger partial charge in [0.15, 0.2) is 0 Å². The molecule has 0 unspecified atom stereocenters. The molecule has 3 rings (SSSR count). The third kappa shape index (κ3) is 4.39. The molecule has 0 aliphatic carbocycles. The summed E-state index contributed by atoms with van der Waals surface area (Å²) in [5.74, 6) is -0.276. The Balaban J connectivity index is 1.83. The van der Waals surface area contributed by atoms with Crippen molar-refractivity contribution in [2.24, 2.45) is 0 Å². The number of carbonyl (C=O) groups excluding carboxylic acids is 1. The normalized spacial score (nSPS) is 16.7. The summed E-state index contributed by atoms with van der Waals surface area (Å²) in [4.78, 5) is 12.9. The van der Waals surface area contributed by atoms with Crippen LogP contribution in [0.3, 0.4) is 0 Å². The summed E-state index contributed by atoms with van der Waals surface area (Å²) in [6, 6.07) is 14.4. The van der Waals surface area contributed by atoms with E-state index in [0.29, 0.717) is 24.2 Å². The molecule has 6 heteroatoms. The fraction of sp³-hybridized carbons (Fsp3) is 0.381. The Morgan fingerprint density at radius 1 is 1.04 bits per heavy atom. The second-order valence-corrected chi connectivity index (χ2v) is 8.96. The predicted octanol–water partition coefficient (Wildman–Crippen LogP) is 3.66. The predicted molar refractivity (Wildman–Crippen MR) is 106 cm³/mol. The second-order valence-electron chi connectivity index (χ2n) is 7.05. The molecule has 0 aromatic heterocycles. The number of hydrogen-bond acceptors (Lipinski definition) is 3. The van der Waals surface area contributed by atoms with Gasteiger partial charge in [-0.2, -0.15) is 4.31 Å². The standard InChI is InChI=1S/C21H26N2O3S/c1-16-11-12-19(21(24)22-17(2)18-9-5-3-6-10-18)15-20(16)27(25,26)23-13-7-4-8-14-23/h3,5-6,9-12,15,17H,4,7-8,13-14H2,1-2H3,(H,22,24)/t17-/m1/s1. The molecule has 1 aliphatic heterocycles. The molecule has 0 bridgehead atoms. The van der Waals surface area contributed by atoms with Gasteiger partial charge in [0, 0.05) is 18.7 Å². The first-order valence-corrected chi connectivity index (χ1v) is 10.8. The molecule has 0 saturated carbocycles. The van der Waals surface area contributed by atoms with Gasteiger partial charge in [-0.05, 0) is 49.9 Å². The highest BCUT2D eigenvalue weighted by Crippen LogP contribution is 2.24. The molecule has 5 nitrogen and oxygen atoms in total. The maximum Gasteiger partial charge on any atom is 0.251 e. The van der Waals surface area contributed by atoms with Crippen LogP contribution in [0.5, 0.6) is 0 Å². The van der Waals surface area contributed by atoms with E-state index in [2.05, 4.69) is 5.32 Å². The van der Waals surface area contributed by atoms with Gasteiger partial charge in [0.25, 0.3) is 5.91 Å². The van der Waals surface area contributed by atoms with E-state index >= 15 is 0 Å². The molecule has 1 aliphatic rings. The molecule has 1 heterocycles. The van der Waals surface area contributed by atoms with Gasteiger partial charge in [-0.25, -0.2) is 8.42 Å². The maximum atomic E-state index is 13.0. The summed E-state index contributed by atoms with van der Waals surface area (Å²) < 4.78 is 27.6. The summed E-state index contributed by atoms with van der Waals surface area (Å²) in [5.41, 5.74) is 2.02. The number of benzene rings is 2. The van der Waals surface area contributed by atoms with E-state index in [4.69, 9.17) is 0 Å². The van der Waals surface area contributed by atoms with Gasteiger partial charge in [0.2, 0.25) is 10.0 Å². The Hall–Kier alpha value is -2.18. The monoisotopic (exact) mass is 386 g/mol. The highest BCUT2D eigenvalue weighted by atomic mass is 32.2. The van der Waals surface area contributed by atoms with Crippen molar-refractivity contribution >= 4 is 15.9 Å². The first kappa shape index (κ1) is 19.6. The average molecular weight is 387 g/mol. The number of rotatable bonds is 5. The van der Waals surface area contributed by atoms with Gasteiger partial charge < -0.3 is 5.32 Å². The molecule has 1 fully saturated rings. The molecular formula is C21H26N2O3S. The Kier molecular flexibility index (Phi) is 5.97. The molecular weight excluding hydrogens is 360 g/mol. The van der Waals surface area contributed by atoms with Crippen molar-refractivity contribution < 1.29 is 13.2 Å². The van der Waals surface area contributed by atoms with Gasteiger partial charge in [-0.1, -0.05) is 42.8 Å². The minimum absolute atomic E-state index is 0.165. The van der Waals surface area contributed by atoms with Gasteiger partial charge in [-0.15, -0.1) is 0 Å². The van der Waals surface area contributed by atoms with Crippen LogP contribution in [-0.4, -0.2) is 31.7 Å². The zero-order chi connectivity index (χ0) is 19.4. The van der Waals surface area contributed by atoms with Crippen LogP contribution in [0.25, 0.3) is 0 Å². The fourth-order valence-corrected chi connectivity index (χ4v) is 5.14. The van der Waals surface area contributed by atoms with Crippen molar-refractivity contribution in [2.45, 2.75) is 44.0 Å². The highest BCUT2D eigenvalue weighted by molar-refractivity contribution is 7.89. The van der Waals surface area contributed by atoms with E-state index in [1.165, 1.54) is 10.4 Å². The number of nitrogens with zero attached hydrogens (tertiary/aromatic N) is 1.